The van der Waals surface area contributed by atoms with Crippen LogP contribution in [0.3, 0.4) is 0 Å². The predicted octanol–water partition coefficient (Wildman–Crippen LogP) is 2.99. The third-order valence-electron chi connectivity index (χ3n) is 6.64. The molecule has 3 fully saturated rings. The molecular weight excluding hydrogens is 316 g/mol. The minimum atomic E-state index is -0.135. The van der Waals surface area contributed by atoms with E-state index in [4.69, 9.17) is 4.74 Å². The summed E-state index contributed by atoms with van der Waals surface area (Å²) in [6.07, 6.45) is 11.1. The van der Waals surface area contributed by atoms with Gasteiger partial charge in [0, 0.05) is 43.0 Å². The molecule has 1 saturated heterocycles. The maximum Gasteiger partial charge on any atom is 0.410 e. The molecule has 6 rings (SSSR count). The van der Waals surface area contributed by atoms with Crippen molar-refractivity contribution in [3.63, 3.8) is 0 Å². The van der Waals surface area contributed by atoms with Crippen molar-refractivity contribution in [3.8, 4) is 0 Å². The number of likely N-dealkylation sites (tertiary alicyclic amines) is 1. The zero-order chi connectivity index (χ0) is 17.0. The lowest BCUT2D eigenvalue weighted by Gasteiger charge is -2.49. The fourth-order valence-corrected chi connectivity index (χ4v) is 5.57. The number of amides is 1. The largest absolute Gasteiger partial charge is 0.619 e. The second-order valence-corrected chi connectivity index (χ2v) is 8.26. The number of hydrogen-bond donors (Lipinski definition) is 0. The molecule has 3 unspecified atom stereocenters. The van der Waals surface area contributed by atoms with Gasteiger partial charge < -0.3 is 14.8 Å². The van der Waals surface area contributed by atoms with E-state index >= 15 is 0 Å². The zero-order valence-electron chi connectivity index (χ0n) is 14.3. The van der Waals surface area contributed by atoms with Crippen LogP contribution >= 0.6 is 0 Å². The van der Waals surface area contributed by atoms with Gasteiger partial charge in [0.2, 0.25) is 0 Å². The van der Waals surface area contributed by atoms with Gasteiger partial charge >= 0.3 is 6.09 Å². The highest BCUT2D eigenvalue weighted by atomic mass is 16.6. The van der Waals surface area contributed by atoms with Gasteiger partial charge in [-0.1, -0.05) is 11.6 Å². The molecule has 132 valence electrons. The lowest BCUT2D eigenvalue weighted by Crippen LogP contribution is -2.47. The number of rotatable bonds is 2. The standard InChI is InChI=1S/C20H24N2O3/c23-20(21-4-1-16(12-21)15-2-5-22(24)6-3-15)25-19-17-8-13-7-14(10-17)11-18(19)9-13/h2-3,5-7,13,16-19H,1,4,8-12H2. The minimum Gasteiger partial charge on any atom is -0.619 e. The smallest absolute Gasteiger partial charge is 0.410 e. The van der Waals surface area contributed by atoms with E-state index in [1.165, 1.54) is 25.2 Å². The van der Waals surface area contributed by atoms with E-state index in [1.54, 1.807) is 5.57 Å². The van der Waals surface area contributed by atoms with Crippen LogP contribution in [0.2, 0.25) is 0 Å². The Morgan fingerprint density at radius 1 is 1.20 bits per heavy atom. The molecule has 0 N–H and O–H groups in total. The first-order valence-corrected chi connectivity index (χ1v) is 9.49. The number of ether oxygens (including phenoxy) is 1. The monoisotopic (exact) mass is 340 g/mol. The molecular formula is C20H24N2O3. The fraction of sp³-hybridized carbons (Fsp3) is 0.600. The van der Waals surface area contributed by atoms with Gasteiger partial charge in [0.1, 0.15) is 6.10 Å². The third kappa shape index (κ3) is 2.70. The molecule has 2 saturated carbocycles. The first-order valence-electron chi connectivity index (χ1n) is 9.49. The van der Waals surface area contributed by atoms with E-state index in [0.29, 0.717) is 24.3 Å². The van der Waals surface area contributed by atoms with Crippen molar-refractivity contribution < 1.29 is 14.3 Å². The van der Waals surface area contributed by atoms with Crippen molar-refractivity contribution in [1.29, 1.82) is 0 Å². The topological polar surface area (TPSA) is 56.5 Å². The van der Waals surface area contributed by atoms with E-state index in [2.05, 4.69) is 6.08 Å². The Balaban J connectivity index is 1.22. The van der Waals surface area contributed by atoms with Crippen molar-refractivity contribution in [3.05, 3.63) is 46.9 Å². The Morgan fingerprint density at radius 2 is 1.92 bits per heavy atom. The summed E-state index contributed by atoms with van der Waals surface area (Å²) in [5, 5.41) is 11.2. The SMILES string of the molecule is O=C(OC1C2CC3=CC(C2)CC1C3)N1CCC(c2cc[n+]([O-])cc2)C1. The normalized spacial score (nSPS) is 35.8. The van der Waals surface area contributed by atoms with Crippen LogP contribution < -0.4 is 4.73 Å². The van der Waals surface area contributed by atoms with Crippen LogP contribution in [0.1, 0.15) is 43.6 Å². The lowest BCUT2D eigenvalue weighted by atomic mass is 9.60. The summed E-state index contributed by atoms with van der Waals surface area (Å²) in [7, 11) is 0. The van der Waals surface area contributed by atoms with Gasteiger partial charge in [0.05, 0.1) is 0 Å². The van der Waals surface area contributed by atoms with E-state index in [9.17, 15) is 10.0 Å². The molecule has 0 aromatic carbocycles. The Morgan fingerprint density at radius 3 is 2.60 bits per heavy atom. The second kappa shape index (κ2) is 5.75. The summed E-state index contributed by atoms with van der Waals surface area (Å²) in [6, 6.07) is 3.72. The van der Waals surface area contributed by atoms with Crippen LogP contribution in [0.25, 0.3) is 0 Å². The number of allylic oxidation sites excluding steroid dienone is 2. The molecule has 5 aliphatic rings. The van der Waals surface area contributed by atoms with Crippen LogP contribution in [0.5, 0.6) is 0 Å². The predicted molar refractivity (Wildman–Crippen MR) is 91.6 cm³/mol. The zero-order valence-corrected chi connectivity index (χ0v) is 14.3. The highest BCUT2D eigenvalue weighted by Gasteiger charge is 2.47. The Labute approximate surface area is 147 Å². The first kappa shape index (κ1) is 15.2. The quantitative estimate of drug-likeness (QED) is 0.472. The minimum absolute atomic E-state index is 0.122. The molecule has 1 aliphatic heterocycles. The number of carbonyl (C=O) groups excluding carboxylic acids is 1. The summed E-state index contributed by atoms with van der Waals surface area (Å²) < 4.78 is 6.82. The summed E-state index contributed by atoms with van der Waals surface area (Å²) in [5.41, 5.74) is 2.73. The first-order chi connectivity index (χ1) is 12.2. The molecule has 1 aromatic heterocycles. The van der Waals surface area contributed by atoms with Crippen LogP contribution in [0.15, 0.2) is 36.2 Å². The Hall–Kier alpha value is -2.04. The molecule has 4 bridgehead atoms. The maximum atomic E-state index is 12.7. The van der Waals surface area contributed by atoms with Crippen molar-refractivity contribution in [2.45, 2.75) is 44.1 Å². The van der Waals surface area contributed by atoms with Crippen molar-refractivity contribution in [1.82, 2.24) is 4.90 Å². The van der Waals surface area contributed by atoms with Gasteiger partial charge in [-0.3, -0.25) is 0 Å². The maximum absolute atomic E-state index is 12.7. The van der Waals surface area contributed by atoms with Crippen LogP contribution in [0, 0.1) is 23.0 Å². The molecule has 25 heavy (non-hydrogen) atoms. The molecule has 1 amide bonds. The molecule has 2 heterocycles. The summed E-state index contributed by atoms with van der Waals surface area (Å²) in [6.45, 7) is 1.43. The summed E-state index contributed by atoms with van der Waals surface area (Å²) in [4.78, 5) is 14.6. The van der Waals surface area contributed by atoms with Crippen LogP contribution in [-0.4, -0.2) is 30.2 Å². The van der Waals surface area contributed by atoms with Crippen molar-refractivity contribution in [2.75, 3.05) is 13.1 Å². The van der Waals surface area contributed by atoms with Crippen LogP contribution in [0.4, 0.5) is 4.79 Å². The molecule has 0 spiro atoms. The van der Waals surface area contributed by atoms with Gasteiger partial charge in [-0.2, -0.15) is 4.73 Å². The molecule has 1 aromatic rings. The fourth-order valence-electron chi connectivity index (χ4n) is 5.57. The van der Waals surface area contributed by atoms with E-state index < -0.39 is 0 Å². The summed E-state index contributed by atoms with van der Waals surface area (Å²) >= 11 is 0. The number of pyridine rings is 1. The van der Waals surface area contributed by atoms with Crippen molar-refractivity contribution >= 4 is 6.09 Å². The van der Waals surface area contributed by atoms with E-state index in [-0.39, 0.29) is 12.2 Å². The van der Waals surface area contributed by atoms with Gasteiger partial charge in [0.25, 0.3) is 0 Å². The van der Waals surface area contributed by atoms with Gasteiger partial charge in [-0.05, 0) is 43.6 Å². The van der Waals surface area contributed by atoms with Gasteiger partial charge in [0.15, 0.2) is 12.4 Å². The number of hydrogen-bond acceptors (Lipinski definition) is 3. The Bertz CT molecular complexity index is 696. The number of carbonyl (C=O) groups is 1. The number of aromatic nitrogens is 1. The summed E-state index contributed by atoms with van der Waals surface area (Å²) in [5.74, 6) is 2.13. The van der Waals surface area contributed by atoms with Crippen LogP contribution in [-0.2, 0) is 4.74 Å². The average Bonchev–Trinajstić information content (AvgIpc) is 3.08. The molecule has 5 nitrogen and oxygen atoms in total. The highest BCUT2D eigenvalue weighted by molar-refractivity contribution is 5.68. The van der Waals surface area contributed by atoms with E-state index in [0.717, 1.165) is 42.0 Å². The lowest BCUT2D eigenvalue weighted by molar-refractivity contribution is -0.605. The van der Waals surface area contributed by atoms with Gasteiger partial charge in [-0.15, -0.1) is 0 Å². The van der Waals surface area contributed by atoms with Gasteiger partial charge in [-0.25, -0.2) is 4.79 Å². The Kier molecular flexibility index (Phi) is 3.50. The molecule has 3 atom stereocenters. The third-order valence-corrected chi connectivity index (χ3v) is 6.64. The number of nitrogens with zero attached hydrogens (tertiary/aromatic N) is 2. The average molecular weight is 340 g/mol. The highest BCUT2D eigenvalue weighted by Crippen LogP contribution is 2.51. The molecule has 5 heteroatoms. The molecule has 4 aliphatic carbocycles. The van der Waals surface area contributed by atoms with E-state index in [1.807, 2.05) is 17.0 Å². The molecule has 0 radical (unpaired) electrons. The second-order valence-electron chi connectivity index (χ2n) is 8.26. The van der Waals surface area contributed by atoms with Crippen molar-refractivity contribution in [2.24, 2.45) is 17.8 Å².